The highest BCUT2D eigenvalue weighted by Crippen LogP contribution is 2.32. The molecule has 118 valence electrons. The minimum Gasteiger partial charge on any atom is -0.389 e. The van der Waals surface area contributed by atoms with Crippen LogP contribution in [0.25, 0.3) is 0 Å². The van der Waals surface area contributed by atoms with Gasteiger partial charge in [0.05, 0.1) is 5.60 Å². The van der Waals surface area contributed by atoms with Crippen molar-refractivity contribution in [1.29, 1.82) is 0 Å². The average Bonchev–Trinajstić information content (AvgIpc) is 2.44. The van der Waals surface area contributed by atoms with Crippen molar-refractivity contribution in [1.82, 2.24) is 5.32 Å². The summed E-state index contributed by atoms with van der Waals surface area (Å²) in [6.45, 7) is 8.48. The van der Waals surface area contributed by atoms with Crippen LogP contribution < -0.4 is 5.32 Å². The summed E-state index contributed by atoms with van der Waals surface area (Å²) >= 11 is 0. The van der Waals surface area contributed by atoms with E-state index in [0.717, 1.165) is 32.4 Å². The second-order valence-corrected chi connectivity index (χ2v) is 7.32. The summed E-state index contributed by atoms with van der Waals surface area (Å²) in [5, 5.41) is 14.2. The minimum atomic E-state index is -0.490. The summed E-state index contributed by atoms with van der Waals surface area (Å²) in [7, 11) is 0. The van der Waals surface area contributed by atoms with Crippen LogP contribution in [0, 0.1) is 11.8 Å². The first kappa shape index (κ1) is 16.5. The van der Waals surface area contributed by atoms with Crippen molar-refractivity contribution in [3.63, 3.8) is 0 Å². The van der Waals surface area contributed by atoms with Gasteiger partial charge in [-0.1, -0.05) is 63.9 Å². The van der Waals surface area contributed by atoms with Crippen molar-refractivity contribution in [2.45, 2.75) is 58.0 Å². The van der Waals surface area contributed by atoms with Crippen molar-refractivity contribution in [3.05, 3.63) is 35.9 Å². The molecule has 2 nitrogen and oxygen atoms in total. The Labute approximate surface area is 130 Å². The van der Waals surface area contributed by atoms with Gasteiger partial charge < -0.3 is 10.4 Å². The first-order valence-electron chi connectivity index (χ1n) is 8.48. The maximum atomic E-state index is 10.7. The first-order valence-corrected chi connectivity index (χ1v) is 8.48. The number of rotatable bonds is 6. The molecule has 0 amide bonds. The van der Waals surface area contributed by atoms with Crippen LogP contribution in [-0.2, 0) is 0 Å². The summed E-state index contributed by atoms with van der Waals surface area (Å²) in [5.74, 6) is 1.76. The van der Waals surface area contributed by atoms with Crippen LogP contribution in [0.1, 0.15) is 57.9 Å². The second-order valence-electron chi connectivity index (χ2n) is 7.32. The van der Waals surface area contributed by atoms with Crippen LogP contribution in [0.15, 0.2) is 30.3 Å². The Morgan fingerprint density at radius 2 is 2.00 bits per heavy atom. The Kier molecular flexibility index (Phi) is 5.83. The van der Waals surface area contributed by atoms with E-state index in [1.807, 2.05) is 0 Å². The normalized spacial score (nSPS) is 27.8. The Morgan fingerprint density at radius 3 is 2.62 bits per heavy atom. The predicted molar refractivity (Wildman–Crippen MR) is 89.5 cm³/mol. The molecule has 0 spiro atoms. The molecule has 1 fully saturated rings. The fourth-order valence-corrected chi connectivity index (χ4v) is 3.69. The standard InChI is InChI=1S/C19H31NO/c1-15(2)18(17-9-5-4-6-10-17)13-20-14-19(21)11-7-8-16(3)12-19/h4-6,9-10,15-16,18,20-21H,7-8,11-14H2,1-3H3. The summed E-state index contributed by atoms with van der Waals surface area (Å²) in [6, 6.07) is 10.7. The summed E-state index contributed by atoms with van der Waals surface area (Å²) < 4.78 is 0. The molecule has 3 atom stereocenters. The molecule has 2 heteroatoms. The van der Waals surface area contributed by atoms with Crippen LogP contribution in [0.5, 0.6) is 0 Å². The van der Waals surface area contributed by atoms with E-state index < -0.39 is 5.60 Å². The van der Waals surface area contributed by atoms with Crippen LogP contribution in [-0.4, -0.2) is 23.8 Å². The molecule has 0 radical (unpaired) electrons. The summed E-state index contributed by atoms with van der Waals surface area (Å²) in [6.07, 6.45) is 4.31. The van der Waals surface area contributed by atoms with Gasteiger partial charge >= 0.3 is 0 Å². The largest absolute Gasteiger partial charge is 0.389 e. The zero-order valence-corrected chi connectivity index (χ0v) is 13.8. The zero-order valence-electron chi connectivity index (χ0n) is 13.8. The van der Waals surface area contributed by atoms with Crippen molar-refractivity contribution in [2.75, 3.05) is 13.1 Å². The molecule has 2 rings (SSSR count). The van der Waals surface area contributed by atoms with Crippen LogP contribution in [0.3, 0.4) is 0 Å². The van der Waals surface area contributed by atoms with Crippen molar-refractivity contribution in [3.8, 4) is 0 Å². The topological polar surface area (TPSA) is 32.3 Å². The molecule has 1 aromatic carbocycles. The van der Waals surface area contributed by atoms with E-state index in [9.17, 15) is 5.11 Å². The third-order valence-electron chi connectivity index (χ3n) is 4.92. The summed E-state index contributed by atoms with van der Waals surface area (Å²) in [4.78, 5) is 0. The SMILES string of the molecule is CC1CCCC(O)(CNCC(c2ccccc2)C(C)C)C1. The maximum absolute atomic E-state index is 10.7. The van der Waals surface area contributed by atoms with E-state index >= 15 is 0 Å². The number of benzene rings is 1. The molecule has 0 aliphatic heterocycles. The quantitative estimate of drug-likeness (QED) is 0.831. The lowest BCUT2D eigenvalue weighted by Crippen LogP contribution is -2.45. The van der Waals surface area contributed by atoms with Gasteiger partial charge in [0.2, 0.25) is 0 Å². The third-order valence-corrected chi connectivity index (χ3v) is 4.92. The van der Waals surface area contributed by atoms with Gasteiger partial charge in [-0.05, 0) is 36.2 Å². The number of nitrogens with one attached hydrogen (secondary N) is 1. The highest BCUT2D eigenvalue weighted by atomic mass is 16.3. The third kappa shape index (κ3) is 4.82. The second kappa shape index (κ2) is 7.42. The van der Waals surface area contributed by atoms with Crippen LogP contribution in [0.4, 0.5) is 0 Å². The molecule has 21 heavy (non-hydrogen) atoms. The molecule has 2 N–H and O–H groups in total. The fraction of sp³-hybridized carbons (Fsp3) is 0.684. The lowest BCUT2D eigenvalue weighted by Gasteiger charge is -2.36. The molecule has 0 bridgehead atoms. The number of hydrogen-bond donors (Lipinski definition) is 2. The van der Waals surface area contributed by atoms with Crippen molar-refractivity contribution in [2.24, 2.45) is 11.8 Å². The van der Waals surface area contributed by atoms with Gasteiger partial charge in [-0.2, -0.15) is 0 Å². The molecule has 3 unspecified atom stereocenters. The molecular formula is C19H31NO. The Balaban J connectivity index is 1.88. The molecular weight excluding hydrogens is 258 g/mol. The Hall–Kier alpha value is -0.860. The molecule has 1 aliphatic carbocycles. The lowest BCUT2D eigenvalue weighted by atomic mass is 9.79. The minimum absolute atomic E-state index is 0.490. The number of aliphatic hydroxyl groups is 1. The maximum Gasteiger partial charge on any atom is 0.0774 e. The van der Waals surface area contributed by atoms with Crippen LogP contribution >= 0.6 is 0 Å². The van der Waals surface area contributed by atoms with Crippen molar-refractivity contribution >= 4 is 0 Å². The Bertz CT molecular complexity index is 417. The van der Waals surface area contributed by atoms with Gasteiger partial charge in [0.1, 0.15) is 0 Å². The van der Waals surface area contributed by atoms with E-state index in [1.165, 1.54) is 12.0 Å². The average molecular weight is 289 g/mol. The van der Waals surface area contributed by atoms with E-state index in [2.05, 4.69) is 56.4 Å². The van der Waals surface area contributed by atoms with Crippen molar-refractivity contribution < 1.29 is 5.11 Å². The van der Waals surface area contributed by atoms with Gasteiger partial charge in [-0.3, -0.25) is 0 Å². The lowest BCUT2D eigenvalue weighted by molar-refractivity contribution is -0.0119. The molecule has 0 saturated heterocycles. The predicted octanol–water partition coefficient (Wildman–Crippen LogP) is 3.96. The Morgan fingerprint density at radius 1 is 1.29 bits per heavy atom. The highest BCUT2D eigenvalue weighted by molar-refractivity contribution is 5.20. The zero-order chi connectivity index (χ0) is 15.3. The fourth-order valence-electron chi connectivity index (χ4n) is 3.69. The highest BCUT2D eigenvalue weighted by Gasteiger charge is 2.32. The molecule has 0 heterocycles. The van der Waals surface area contributed by atoms with E-state index in [1.54, 1.807) is 0 Å². The van der Waals surface area contributed by atoms with Gasteiger partial charge in [0.25, 0.3) is 0 Å². The van der Waals surface area contributed by atoms with Crippen LogP contribution in [0.2, 0.25) is 0 Å². The molecule has 0 aromatic heterocycles. The van der Waals surface area contributed by atoms with Gasteiger partial charge in [0, 0.05) is 13.1 Å². The molecule has 1 aliphatic rings. The van der Waals surface area contributed by atoms with E-state index in [4.69, 9.17) is 0 Å². The monoisotopic (exact) mass is 289 g/mol. The van der Waals surface area contributed by atoms with E-state index in [0.29, 0.717) is 17.8 Å². The summed E-state index contributed by atoms with van der Waals surface area (Å²) in [5.41, 5.74) is 0.902. The smallest absolute Gasteiger partial charge is 0.0774 e. The van der Waals surface area contributed by atoms with Gasteiger partial charge in [-0.25, -0.2) is 0 Å². The molecule has 1 saturated carbocycles. The molecule has 1 aromatic rings. The number of hydrogen-bond acceptors (Lipinski definition) is 2. The van der Waals surface area contributed by atoms with Gasteiger partial charge in [-0.15, -0.1) is 0 Å². The first-order chi connectivity index (χ1) is 10.0. The van der Waals surface area contributed by atoms with E-state index in [-0.39, 0.29) is 0 Å². The van der Waals surface area contributed by atoms with Gasteiger partial charge in [0.15, 0.2) is 0 Å².